The average Bonchev–Trinajstić information content (AvgIpc) is 2.16. The third-order valence-corrected chi connectivity index (χ3v) is 2.47. The molecule has 0 aliphatic carbocycles. The van der Waals surface area contributed by atoms with Gasteiger partial charge in [-0.15, -0.1) is 16.9 Å². The molecule has 6 heteroatoms. The Labute approximate surface area is 111 Å². The molecule has 1 rings (SSSR count). The van der Waals surface area contributed by atoms with E-state index in [1.54, 1.807) is 0 Å². The summed E-state index contributed by atoms with van der Waals surface area (Å²) >= 11 is 5.85. The Balaban J connectivity index is 0.00000256. The number of halogens is 3. The lowest BCUT2D eigenvalue weighted by molar-refractivity contribution is 0.0805. The molecule has 1 aromatic carbocycles. The summed E-state index contributed by atoms with van der Waals surface area (Å²) in [5, 5.41) is 0. The lowest BCUT2D eigenvalue weighted by Crippen LogP contribution is -2.46. The highest BCUT2D eigenvalue weighted by Crippen LogP contribution is 2.13. The second-order valence-corrected chi connectivity index (χ2v) is 4.74. The maximum absolute atomic E-state index is 12.9. The molecule has 0 fully saturated rings. The van der Waals surface area contributed by atoms with Crippen molar-refractivity contribution in [2.24, 2.45) is 0 Å². The van der Waals surface area contributed by atoms with Gasteiger partial charge in [0.15, 0.2) is 0 Å². The summed E-state index contributed by atoms with van der Waals surface area (Å²) in [5.41, 5.74) is 2.28. The highest BCUT2D eigenvalue weighted by molar-refractivity contribution is 6.14. The third kappa shape index (κ3) is 4.89. The van der Waals surface area contributed by atoms with Gasteiger partial charge in [-0.2, -0.15) is 0 Å². The first-order chi connectivity index (χ1) is 7.30. The van der Waals surface area contributed by atoms with Crippen molar-refractivity contribution in [3.63, 3.8) is 0 Å². The van der Waals surface area contributed by atoms with Gasteiger partial charge in [0.25, 0.3) is 5.91 Å². The highest BCUT2D eigenvalue weighted by atomic mass is 35.5. The van der Waals surface area contributed by atoms with E-state index in [0.29, 0.717) is 0 Å². The van der Waals surface area contributed by atoms with Gasteiger partial charge < -0.3 is 0 Å². The van der Waals surface area contributed by atoms with Crippen molar-refractivity contribution in [1.82, 2.24) is 9.95 Å². The first kappa shape index (κ1) is 16.2. The zero-order chi connectivity index (χ0) is 12.3. The molecule has 0 saturated carbocycles. The molecule has 0 heterocycles. The van der Waals surface area contributed by atoms with Crippen molar-refractivity contribution in [2.45, 2.75) is 26.3 Å². The first-order valence-electron chi connectivity index (χ1n) is 4.83. The average molecular weight is 281 g/mol. The fourth-order valence-electron chi connectivity index (χ4n) is 0.951. The van der Waals surface area contributed by atoms with Crippen LogP contribution in [-0.4, -0.2) is 16.0 Å². The molecule has 3 nitrogen and oxygen atoms in total. The zero-order valence-electron chi connectivity index (χ0n) is 9.83. The monoisotopic (exact) mass is 280 g/mol. The van der Waals surface area contributed by atoms with Crippen LogP contribution < -0.4 is 5.43 Å². The molecular weight excluding hydrogens is 266 g/mol. The summed E-state index contributed by atoms with van der Waals surface area (Å²) in [5.74, 6) is -0.894. The maximum atomic E-state index is 12.9. The number of nitrogens with zero attached hydrogens (tertiary/aromatic N) is 1. The van der Waals surface area contributed by atoms with Gasteiger partial charge in [-0.25, -0.2) is 4.39 Å². The molecule has 0 aliphatic rings. The van der Waals surface area contributed by atoms with Crippen LogP contribution in [0.3, 0.4) is 0 Å². The van der Waals surface area contributed by atoms with Gasteiger partial charge in [0.1, 0.15) is 5.82 Å². The van der Waals surface area contributed by atoms with Gasteiger partial charge in [-0.1, -0.05) is 6.07 Å². The van der Waals surface area contributed by atoms with Crippen LogP contribution in [0.4, 0.5) is 4.39 Å². The topological polar surface area (TPSA) is 32.3 Å². The molecular formula is C11H15Cl2FN2O. The largest absolute Gasteiger partial charge is 0.270 e. The van der Waals surface area contributed by atoms with Crippen LogP contribution >= 0.6 is 24.2 Å². The van der Waals surface area contributed by atoms with E-state index in [4.69, 9.17) is 11.8 Å². The van der Waals surface area contributed by atoms with Crippen LogP contribution in [0.1, 0.15) is 31.1 Å². The Hall–Kier alpha value is -0.840. The molecule has 1 amide bonds. The molecule has 0 bridgehead atoms. The normalized spacial score (nSPS) is 10.9. The number of nitrogens with one attached hydrogen (secondary N) is 1. The second-order valence-electron chi connectivity index (χ2n) is 4.40. The molecule has 0 unspecified atom stereocenters. The van der Waals surface area contributed by atoms with Crippen LogP contribution in [0, 0.1) is 5.82 Å². The minimum absolute atomic E-state index is 0. The summed E-state index contributed by atoms with van der Waals surface area (Å²) in [6, 6.07) is 5.42. The van der Waals surface area contributed by atoms with Crippen molar-refractivity contribution in [1.29, 1.82) is 0 Å². The molecule has 0 aliphatic heterocycles. The smallest absolute Gasteiger partial charge is 0.266 e. The summed E-state index contributed by atoms with van der Waals surface area (Å²) in [7, 11) is 0. The minimum Gasteiger partial charge on any atom is -0.270 e. The van der Waals surface area contributed by atoms with Crippen LogP contribution in [0.2, 0.25) is 0 Å². The van der Waals surface area contributed by atoms with E-state index in [-0.39, 0.29) is 18.0 Å². The van der Waals surface area contributed by atoms with E-state index in [1.165, 1.54) is 22.7 Å². The van der Waals surface area contributed by atoms with Crippen LogP contribution in [-0.2, 0) is 0 Å². The third-order valence-electron chi connectivity index (χ3n) is 1.88. The van der Waals surface area contributed by atoms with Gasteiger partial charge in [-0.3, -0.25) is 10.2 Å². The standard InChI is InChI=1S/C11H14ClFN2O.ClH/c1-11(2,3)15(12)14-10(16)8-5-4-6-9(13)7-8;/h4-7H,1-3H3,(H,14,16);1H. The number of carbonyl (C=O) groups is 1. The number of amides is 1. The van der Waals surface area contributed by atoms with Crippen molar-refractivity contribution in [3.05, 3.63) is 35.6 Å². The van der Waals surface area contributed by atoms with Crippen LogP contribution in [0.5, 0.6) is 0 Å². The summed E-state index contributed by atoms with van der Waals surface area (Å²) in [4.78, 5) is 11.7. The Bertz CT molecular complexity index is 393. The van der Waals surface area contributed by atoms with Crippen LogP contribution in [0.15, 0.2) is 24.3 Å². The van der Waals surface area contributed by atoms with E-state index in [0.717, 1.165) is 6.07 Å². The van der Waals surface area contributed by atoms with Gasteiger partial charge in [0.05, 0.1) is 0 Å². The van der Waals surface area contributed by atoms with E-state index in [9.17, 15) is 9.18 Å². The highest BCUT2D eigenvalue weighted by Gasteiger charge is 2.21. The van der Waals surface area contributed by atoms with Crippen LogP contribution in [0.25, 0.3) is 0 Å². The van der Waals surface area contributed by atoms with Gasteiger partial charge in [0, 0.05) is 22.9 Å². The summed E-state index contributed by atoms with van der Waals surface area (Å²) < 4.78 is 14.0. The first-order valence-corrected chi connectivity index (χ1v) is 5.17. The molecule has 0 aromatic heterocycles. The fourth-order valence-corrected chi connectivity index (χ4v) is 1.03. The molecule has 0 saturated heterocycles. The molecule has 0 atom stereocenters. The van der Waals surface area contributed by atoms with E-state index < -0.39 is 17.3 Å². The van der Waals surface area contributed by atoms with E-state index in [2.05, 4.69) is 5.43 Å². The minimum atomic E-state index is -0.454. The predicted octanol–water partition coefficient (Wildman–Crippen LogP) is 3.15. The maximum Gasteiger partial charge on any atom is 0.266 e. The number of hydrogen-bond donors (Lipinski definition) is 1. The molecule has 1 N–H and O–H groups in total. The number of hydrazine groups is 1. The Morgan fingerprint density at radius 2 is 2.00 bits per heavy atom. The number of rotatable bonds is 2. The quantitative estimate of drug-likeness (QED) is 0.667. The van der Waals surface area contributed by atoms with E-state index in [1.807, 2.05) is 20.8 Å². The van der Waals surface area contributed by atoms with Gasteiger partial charge in [-0.05, 0) is 39.0 Å². The fraction of sp³-hybridized carbons (Fsp3) is 0.364. The molecule has 0 spiro atoms. The molecule has 17 heavy (non-hydrogen) atoms. The predicted molar refractivity (Wildman–Crippen MR) is 68.6 cm³/mol. The molecule has 96 valence electrons. The molecule has 1 aromatic rings. The van der Waals surface area contributed by atoms with Crippen molar-refractivity contribution in [2.75, 3.05) is 0 Å². The Morgan fingerprint density at radius 3 is 2.47 bits per heavy atom. The zero-order valence-corrected chi connectivity index (χ0v) is 11.4. The van der Waals surface area contributed by atoms with Gasteiger partial charge in [0.2, 0.25) is 0 Å². The Kier molecular flexibility index (Phi) is 5.88. The Morgan fingerprint density at radius 1 is 1.41 bits per heavy atom. The van der Waals surface area contributed by atoms with Gasteiger partial charge >= 0.3 is 0 Å². The lowest BCUT2D eigenvalue weighted by atomic mass is 10.1. The SMILES string of the molecule is CC(C)(C)N(Cl)NC(=O)c1cccc(F)c1.Cl. The molecule has 0 radical (unpaired) electrons. The van der Waals surface area contributed by atoms with E-state index >= 15 is 0 Å². The van der Waals surface area contributed by atoms with Crippen molar-refractivity contribution >= 4 is 30.1 Å². The number of carbonyl (C=O) groups excluding carboxylic acids is 1. The summed E-state index contributed by atoms with van der Waals surface area (Å²) in [6.45, 7) is 5.52. The number of hydrogen-bond acceptors (Lipinski definition) is 2. The number of benzene rings is 1. The summed E-state index contributed by atoms with van der Waals surface area (Å²) in [6.07, 6.45) is 0. The van der Waals surface area contributed by atoms with Crippen molar-refractivity contribution in [3.8, 4) is 0 Å². The lowest BCUT2D eigenvalue weighted by Gasteiger charge is -2.28. The second kappa shape index (κ2) is 6.19. The van der Waals surface area contributed by atoms with Crippen molar-refractivity contribution < 1.29 is 9.18 Å².